The van der Waals surface area contributed by atoms with Gasteiger partial charge in [-0.1, -0.05) is 18.2 Å². The number of furan rings is 1. The Morgan fingerprint density at radius 1 is 1.12 bits per heavy atom. The van der Waals surface area contributed by atoms with Crippen LogP contribution in [0, 0.1) is 24.1 Å². The Balaban J connectivity index is 2.25. The Kier molecular flexibility index (Phi) is 3.10. The lowest BCUT2D eigenvalue weighted by Crippen LogP contribution is -2.30. The van der Waals surface area contributed by atoms with Crippen LogP contribution in [0.3, 0.4) is 0 Å². The molecule has 2 aromatic carbocycles. The van der Waals surface area contributed by atoms with E-state index in [1.54, 1.807) is 13.0 Å². The van der Waals surface area contributed by atoms with E-state index in [1.807, 2.05) is 54.2 Å². The smallest absolute Gasteiger partial charge is 0.214 e. The summed E-state index contributed by atoms with van der Waals surface area (Å²) in [6.45, 7) is 1.71. The number of aryl methyl sites for hydroxylation is 1. The van der Waals surface area contributed by atoms with Crippen LogP contribution in [0.4, 0.5) is 4.39 Å². The second kappa shape index (κ2) is 5.17. The Morgan fingerprint density at radius 3 is 2.62 bits per heavy atom. The SMILES string of the molecule is Cc1c(-c2cccc[n+]2C)c(C#N)c2oc3ccccc3c2c1F. The quantitative estimate of drug-likeness (QED) is 0.488. The molecule has 0 unspecified atom stereocenters. The molecule has 0 N–H and O–H groups in total. The van der Waals surface area contributed by atoms with Crippen molar-refractivity contribution in [3.8, 4) is 17.3 Å². The van der Waals surface area contributed by atoms with Gasteiger partial charge in [0.05, 0.1) is 10.9 Å². The molecule has 0 aliphatic carbocycles. The van der Waals surface area contributed by atoms with E-state index in [2.05, 4.69) is 6.07 Å². The Hall–Kier alpha value is -3.19. The average Bonchev–Trinajstić information content (AvgIpc) is 2.98. The molecule has 0 bridgehead atoms. The minimum absolute atomic E-state index is 0.306. The van der Waals surface area contributed by atoms with Gasteiger partial charge in [-0.25, -0.2) is 8.96 Å². The third-order valence-electron chi connectivity index (χ3n) is 4.42. The lowest BCUT2D eigenvalue weighted by Gasteiger charge is -2.09. The first-order valence-electron chi connectivity index (χ1n) is 7.62. The number of hydrogen-bond acceptors (Lipinski definition) is 2. The minimum Gasteiger partial charge on any atom is -0.455 e. The number of rotatable bonds is 1. The number of halogens is 1. The van der Waals surface area contributed by atoms with E-state index < -0.39 is 0 Å². The number of para-hydroxylation sites is 1. The van der Waals surface area contributed by atoms with Gasteiger partial charge in [0, 0.05) is 23.1 Å². The maximum absolute atomic E-state index is 15.2. The second-order valence-corrected chi connectivity index (χ2v) is 5.80. The Labute approximate surface area is 138 Å². The van der Waals surface area contributed by atoms with E-state index >= 15 is 4.39 Å². The van der Waals surface area contributed by atoms with Crippen LogP contribution in [-0.2, 0) is 7.05 Å². The van der Waals surface area contributed by atoms with Crippen molar-refractivity contribution in [2.75, 3.05) is 0 Å². The molecule has 0 spiro atoms. The monoisotopic (exact) mass is 317 g/mol. The molecule has 2 heterocycles. The topological polar surface area (TPSA) is 40.8 Å². The molecule has 0 atom stereocenters. The predicted molar refractivity (Wildman–Crippen MR) is 89.7 cm³/mol. The van der Waals surface area contributed by atoms with Crippen LogP contribution in [0.5, 0.6) is 0 Å². The number of aromatic nitrogens is 1. The minimum atomic E-state index is -0.340. The summed E-state index contributed by atoms with van der Waals surface area (Å²) in [6, 6.07) is 15.1. The summed E-state index contributed by atoms with van der Waals surface area (Å²) in [5.41, 5.74) is 3.05. The first kappa shape index (κ1) is 14.4. The van der Waals surface area contributed by atoms with E-state index in [4.69, 9.17) is 4.42 Å². The third-order valence-corrected chi connectivity index (χ3v) is 4.42. The van der Waals surface area contributed by atoms with Gasteiger partial charge in [-0.15, -0.1) is 0 Å². The van der Waals surface area contributed by atoms with Crippen LogP contribution in [0.2, 0.25) is 0 Å². The summed E-state index contributed by atoms with van der Waals surface area (Å²) in [7, 11) is 1.87. The van der Waals surface area contributed by atoms with E-state index in [-0.39, 0.29) is 5.82 Å². The van der Waals surface area contributed by atoms with Gasteiger partial charge in [-0.2, -0.15) is 5.26 Å². The van der Waals surface area contributed by atoms with Gasteiger partial charge >= 0.3 is 0 Å². The van der Waals surface area contributed by atoms with Crippen LogP contribution in [0.15, 0.2) is 53.1 Å². The molecular weight excluding hydrogens is 303 g/mol. The number of pyridine rings is 1. The van der Waals surface area contributed by atoms with Crippen LogP contribution in [0.25, 0.3) is 33.2 Å². The molecule has 4 heteroatoms. The lowest BCUT2D eigenvalue weighted by atomic mass is 9.95. The molecule has 3 nitrogen and oxygen atoms in total. The second-order valence-electron chi connectivity index (χ2n) is 5.80. The van der Waals surface area contributed by atoms with E-state index in [0.29, 0.717) is 38.6 Å². The van der Waals surface area contributed by atoms with Crippen molar-refractivity contribution in [2.45, 2.75) is 6.92 Å². The van der Waals surface area contributed by atoms with Gasteiger partial charge < -0.3 is 4.42 Å². The Morgan fingerprint density at radius 2 is 1.88 bits per heavy atom. The Bertz CT molecular complexity index is 1150. The van der Waals surface area contributed by atoms with Gasteiger partial charge in [0.25, 0.3) is 0 Å². The molecule has 0 radical (unpaired) electrons. The van der Waals surface area contributed by atoms with Crippen molar-refractivity contribution in [1.29, 1.82) is 5.26 Å². The summed E-state index contributed by atoms with van der Waals surface area (Å²) < 4.78 is 22.9. The summed E-state index contributed by atoms with van der Waals surface area (Å²) >= 11 is 0. The fraction of sp³-hybridized carbons (Fsp3) is 0.100. The molecule has 0 amide bonds. The number of nitrogens with zero attached hydrogens (tertiary/aromatic N) is 2. The van der Waals surface area contributed by atoms with Gasteiger partial charge in [-0.05, 0) is 19.1 Å². The van der Waals surface area contributed by atoms with E-state index in [9.17, 15) is 5.26 Å². The molecule has 4 aromatic rings. The normalized spacial score (nSPS) is 11.1. The molecule has 0 aliphatic heterocycles. The maximum Gasteiger partial charge on any atom is 0.214 e. The van der Waals surface area contributed by atoms with Crippen molar-refractivity contribution in [2.24, 2.45) is 7.05 Å². The van der Waals surface area contributed by atoms with Crippen LogP contribution < -0.4 is 4.57 Å². The fourth-order valence-electron chi connectivity index (χ4n) is 3.25. The van der Waals surface area contributed by atoms with Gasteiger partial charge in [0.15, 0.2) is 11.8 Å². The largest absolute Gasteiger partial charge is 0.455 e. The van der Waals surface area contributed by atoms with Gasteiger partial charge in [0.1, 0.15) is 30.1 Å². The summed E-state index contributed by atoms with van der Waals surface area (Å²) in [5.74, 6) is -0.340. The van der Waals surface area contributed by atoms with Gasteiger partial charge in [-0.3, -0.25) is 0 Å². The van der Waals surface area contributed by atoms with Crippen LogP contribution in [-0.4, -0.2) is 0 Å². The molecule has 0 saturated carbocycles. The van der Waals surface area contributed by atoms with E-state index in [1.165, 1.54) is 0 Å². The summed E-state index contributed by atoms with van der Waals surface area (Å²) in [5, 5.41) is 10.8. The van der Waals surface area contributed by atoms with E-state index in [0.717, 1.165) is 5.69 Å². The molecule has 0 aliphatic rings. The molecule has 2 aromatic heterocycles. The van der Waals surface area contributed by atoms with Crippen LogP contribution in [0.1, 0.15) is 11.1 Å². The molecule has 116 valence electrons. The third kappa shape index (κ3) is 1.85. The predicted octanol–water partition coefficient (Wildman–Crippen LogP) is 4.40. The highest BCUT2D eigenvalue weighted by Gasteiger charge is 2.26. The summed E-state index contributed by atoms with van der Waals surface area (Å²) in [4.78, 5) is 0. The molecule has 24 heavy (non-hydrogen) atoms. The standard InChI is InChI=1S/C20H14FN2O/c1-12-17(15-8-5-6-10-23(15)2)14(11-22)20-18(19(12)21)13-7-3-4-9-16(13)24-20/h3-10H,1-2H3/q+1. The molecule has 0 fully saturated rings. The summed E-state index contributed by atoms with van der Waals surface area (Å²) in [6.07, 6.45) is 1.87. The zero-order chi connectivity index (χ0) is 16.8. The van der Waals surface area contributed by atoms with Crippen molar-refractivity contribution in [3.05, 3.63) is 65.6 Å². The molecular formula is C20H14FN2O+. The zero-order valence-electron chi connectivity index (χ0n) is 13.3. The number of nitriles is 1. The van der Waals surface area contributed by atoms with Gasteiger partial charge in [0.2, 0.25) is 5.69 Å². The lowest BCUT2D eigenvalue weighted by molar-refractivity contribution is -0.660. The van der Waals surface area contributed by atoms with Crippen LogP contribution >= 0.6 is 0 Å². The molecule has 0 saturated heterocycles. The fourth-order valence-corrected chi connectivity index (χ4v) is 3.25. The number of benzene rings is 2. The molecule has 4 rings (SSSR count). The highest BCUT2D eigenvalue weighted by atomic mass is 19.1. The number of hydrogen-bond donors (Lipinski definition) is 0. The van der Waals surface area contributed by atoms with Crippen molar-refractivity contribution < 1.29 is 13.4 Å². The highest BCUT2D eigenvalue weighted by molar-refractivity contribution is 6.09. The van der Waals surface area contributed by atoms with Crippen molar-refractivity contribution >= 4 is 21.9 Å². The highest BCUT2D eigenvalue weighted by Crippen LogP contribution is 2.39. The zero-order valence-corrected chi connectivity index (χ0v) is 13.3. The van der Waals surface area contributed by atoms with Crippen molar-refractivity contribution in [1.82, 2.24) is 0 Å². The number of fused-ring (bicyclic) bond motifs is 3. The maximum atomic E-state index is 15.2. The first-order valence-corrected chi connectivity index (χ1v) is 7.62. The van der Waals surface area contributed by atoms with Crippen molar-refractivity contribution in [3.63, 3.8) is 0 Å². The average molecular weight is 317 g/mol. The first-order chi connectivity index (χ1) is 11.6.